The number of nitrogens with zero attached hydrogens (tertiary/aromatic N) is 3. The third-order valence-electron chi connectivity index (χ3n) is 3.73. The van der Waals surface area contributed by atoms with Crippen LogP contribution < -0.4 is 4.72 Å². The van der Waals surface area contributed by atoms with Crippen LogP contribution in [0.15, 0.2) is 17.3 Å². The molecule has 2 rings (SSSR count). The van der Waals surface area contributed by atoms with Gasteiger partial charge >= 0.3 is 0 Å². The van der Waals surface area contributed by atoms with E-state index in [1.807, 2.05) is 0 Å². The molecule has 0 amide bonds. The molecule has 0 saturated carbocycles. The number of sulfonamides is 1. The van der Waals surface area contributed by atoms with Crippen molar-refractivity contribution in [1.82, 2.24) is 19.6 Å². The van der Waals surface area contributed by atoms with Gasteiger partial charge in [0, 0.05) is 6.54 Å². The summed E-state index contributed by atoms with van der Waals surface area (Å²) in [6, 6.07) is 0. The van der Waals surface area contributed by atoms with Crippen LogP contribution in [0.2, 0.25) is 5.28 Å². The molecular formula is C13H21ClN4O2S. The number of hydrogen-bond donors (Lipinski definition) is 1. The van der Waals surface area contributed by atoms with E-state index in [-0.39, 0.29) is 10.2 Å². The van der Waals surface area contributed by atoms with Gasteiger partial charge in [-0.15, -0.1) is 0 Å². The molecular weight excluding hydrogens is 312 g/mol. The van der Waals surface area contributed by atoms with Crippen molar-refractivity contribution in [3.8, 4) is 0 Å². The molecule has 0 radical (unpaired) electrons. The first kappa shape index (κ1) is 16.6. The highest BCUT2D eigenvalue weighted by Gasteiger charge is 2.17. The second-order valence-corrected chi connectivity index (χ2v) is 7.57. The Balaban J connectivity index is 1.73. The Bertz CT molecular complexity index is 542. The zero-order chi connectivity index (χ0) is 15.3. The van der Waals surface area contributed by atoms with Crippen LogP contribution in [-0.4, -0.2) is 49.5 Å². The molecule has 1 N–H and O–H groups in total. The molecule has 0 aromatic carbocycles. The predicted molar refractivity (Wildman–Crippen MR) is 81.7 cm³/mol. The number of rotatable bonds is 6. The van der Waals surface area contributed by atoms with Crippen LogP contribution in [0.25, 0.3) is 0 Å². The van der Waals surface area contributed by atoms with Crippen LogP contribution in [0, 0.1) is 5.92 Å². The fourth-order valence-corrected chi connectivity index (χ4v) is 3.38. The number of aromatic nitrogens is 2. The van der Waals surface area contributed by atoms with Crippen LogP contribution in [-0.2, 0) is 10.0 Å². The normalized spacial score (nSPS) is 18.0. The minimum Gasteiger partial charge on any atom is -0.303 e. The van der Waals surface area contributed by atoms with Crippen molar-refractivity contribution in [1.29, 1.82) is 0 Å². The third kappa shape index (κ3) is 5.18. The Morgan fingerprint density at radius 3 is 2.57 bits per heavy atom. The number of hydrogen-bond acceptors (Lipinski definition) is 5. The molecule has 6 nitrogen and oxygen atoms in total. The molecule has 8 heteroatoms. The summed E-state index contributed by atoms with van der Waals surface area (Å²) in [5.41, 5.74) is 0. The fraction of sp³-hybridized carbons (Fsp3) is 0.692. The molecule has 0 atom stereocenters. The van der Waals surface area contributed by atoms with Crippen molar-refractivity contribution in [2.75, 3.05) is 26.2 Å². The maximum Gasteiger partial charge on any atom is 0.243 e. The number of nitrogens with one attached hydrogen (secondary N) is 1. The van der Waals surface area contributed by atoms with E-state index in [9.17, 15) is 8.42 Å². The van der Waals surface area contributed by atoms with Crippen molar-refractivity contribution in [3.05, 3.63) is 17.7 Å². The second-order valence-electron chi connectivity index (χ2n) is 5.46. The molecule has 1 aromatic heterocycles. The van der Waals surface area contributed by atoms with Gasteiger partial charge in [0.05, 0.1) is 12.4 Å². The van der Waals surface area contributed by atoms with Gasteiger partial charge in [-0.05, 0) is 56.4 Å². The second kappa shape index (κ2) is 7.49. The molecule has 1 aromatic rings. The first-order chi connectivity index (χ1) is 9.97. The summed E-state index contributed by atoms with van der Waals surface area (Å²) >= 11 is 5.54. The predicted octanol–water partition coefficient (Wildman–Crippen LogP) is 1.53. The smallest absolute Gasteiger partial charge is 0.243 e. The zero-order valence-corrected chi connectivity index (χ0v) is 13.7. The Morgan fingerprint density at radius 2 is 1.95 bits per heavy atom. The largest absolute Gasteiger partial charge is 0.303 e. The van der Waals surface area contributed by atoms with Crippen molar-refractivity contribution in [2.24, 2.45) is 5.92 Å². The van der Waals surface area contributed by atoms with Crippen LogP contribution in [0.5, 0.6) is 0 Å². The Morgan fingerprint density at radius 1 is 1.33 bits per heavy atom. The van der Waals surface area contributed by atoms with E-state index >= 15 is 0 Å². The molecule has 1 aliphatic rings. The first-order valence-corrected chi connectivity index (χ1v) is 9.03. The Labute approximate surface area is 131 Å². The molecule has 1 saturated heterocycles. The average Bonchev–Trinajstić information content (AvgIpc) is 2.46. The van der Waals surface area contributed by atoms with Crippen LogP contribution in [0.1, 0.15) is 26.2 Å². The third-order valence-corrected chi connectivity index (χ3v) is 5.34. The summed E-state index contributed by atoms with van der Waals surface area (Å²) in [7, 11) is -3.54. The highest BCUT2D eigenvalue weighted by atomic mass is 35.5. The Hall–Kier alpha value is -0.760. The number of likely N-dealkylation sites (tertiary alicyclic amines) is 1. The molecule has 0 bridgehead atoms. The molecule has 1 aliphatic heterocycles. The van der Waals surface area contributed by atoms with Gasteiger partial charge in [0.25, 0.3) is 0 Å². The van der Waals surface area contributed by atoms with Crippen LogP contribution >= 0.6 is 11.6 Å². The molecule has 0 unspecified atom stereocenters. The van der Waals surface area contributed by atoms with Gasteiger partial charge in [-0.1, -0.05) is 6.92 Å². The van der Waals surface area contributed by atoms with Crippen LogP contribution in [0.4, 0.5) is 0 Å². The van der Waals surface area contributed by atoms with Gasteiger partial charge in [-0.3, -0.25) is 0 Å². The quantitative estimate of drug-likeness (QED) is 0.631. The highest BCUT2D eigenvalue weighted by molar-refractivity contribution is 7.89. The topological polar surface area (TPSA) is 75.2 Å². The molecule has 2 heterocycles. The summed E-state index contributed by atoms with van der Waals surface area (Å²) in [4.78, 5) is 9.79. The van der Waals surface area contributed by atoms with Gasteiger partial charge in [-0.2, -0.15) is 0 Å². The number of halogens is 1. The van der Waals surface area contributed by atoms with Gasteiger partial charge < -0.3 is 4.90 Å². The van der Waals surface area contributed by atoms with E-state index in [2.05, 4.69) is 26.5 Å². The standard InChI is InChI=1S/C13H21ClN4O2S/c1-11-3-7-18(8-4-11)6-2-5-17-21(19,20)12-9-15-13(14)16-10-12/h9-11,17H,2-8H2,1H3. The molecule has 0 aliphatic carbocycles. The van der Waals surface area contributed by atoms with Gasteiger partial charge in [0.15, 0.2) is 0 Å². The average molecular weight is 333 g/mol. The number of piperidine rings is 1. The highest BCUT2D eigenvalue weighted by Crippen LogP contribution is 2.15. The van der Waals surface area contributed by atoms with E-state index in [1.165, 1.54) is 25.2 Å². The lowest BCUT2D eigenvalue weighted by Gasteiger charge is -2.30. The van der Waals surface area contributed by atoms with E-state index < -0.39 is 10.0 Å². The van der Waals surface area contributed by atoms with E-state index in [1.54, 1.807) is 0 Å². The minimum atomic E-state index is -3.54. The molecule has 1 fully saturated rings. The molecule has 21 heavy (non-hydrogen) atoms. The van der Waals surface area contributed by atoms with Crippen molar-refractivity contribution >= 4 is 21.6 Å². The molecule has 118 valence electrons. The van der Waals surface area contributed by atoms with E-state index in [0.29, 0.717) is 6.54 Å². The summed E-state index contributed by atoms with van der Waals surface area (Å²) in [6.45, 7) is 5.83. The SMILES string of the molecule is CC1CCN(CCCNS(=O)(=O)c2cnc(Cl)nc2)CC1. The maximum atomic E-state index is 12.0. The lowest BCUT2D eigenvalue weighted by atomic mass is 9.99. The van der Waals surface area contributed by atoms with Crippen molar-refractivity contribution in [3.63, 3.8) is 0 Å². The summed E-state index contributed by atoms with van der Waals surface area (Å²) in [5, 5.41) is 0.0354. The summed E-state index contributed by atoms with van der Waals surface area (Å²) < 4.78 is 26.5. The molecule has 0 spiro atoms. The van der Waals surface area contributed by atoms with Gasteiger partial charge in [0.2, 0.25) is 15.3 Å². The fourth-order valence-electron chi connectivity index (χ4n) is 2.32. The monoisotopic (exact) mass is 332 g/mol. The Kier molecular flexibility index (Phi) is 5.92. The van der Waals surface area contributed by atoms with E-state index in [4.69, 9.17) is 11.6 Å². The van der Waals surface area contributed by atoms with Gasteiger partial charge in [0.1, 0.15) is 4.90 Å². The first-order valence-electron chi connectivity index (χ1n) is 7.17. The van der Waals surface area contributed by atoms with Crippen molar-refractivity contribution < 1.29 is 8.42 Å². The minimum absolute atomic E-state index is 0.0354. The summed E-state index contributed by atoms with van der Waals surface area (Å²) in [5.74, 6) is 0.810. The zero-order valence-electron chi connectivity index (χ0n) is 12.1. The van der Waals surface area contributed by atoms with E-state index in [0.717, 1.165) is 32.0 Å². The van der Waals surface area contributed by atoms with Crippen molar-refractivity contribution in [2.45, 2.75) is 31.1 Å². The maximum absolute atomic E-state index is 12.0. The lowest BCUT2D eigenvalue weighted by Crippen LogP contribution is -2.35. The summed E-state index contributed by atoms with van der Waals surface area (Å²) in [6.07, 6.45) is 5.68. The lowest BCUT2D eigenvalue weighted by molar-refractivity contribution is 0.191. The van der Waals surface area contributed by atoms with Crippen LogP contribution in [0.3, 0.4) is 0 Å². The van der Waals surface area contributed by atoms with Gasteiger partial charge in [-0.25, -0.2) is 23.1 Å².